The van der Waals surface area contributed by atoms with Gasteiger partial charge in [-0.15, -0.1) is 0 Å². The highest BCUT2D eigenvalue weighted by molar-refractivity contribution is 5.75. The molecule has 0 radical (unpaired) electrons. The van der Waals surface area contributed by atoms with Crippen molar-refractivity contribution in [1.82, 2.24) is 5.32 Å². The van der Waals surface area contributed by atoms with E-state index in [0.29, 0.717) is 0 Å². The van der Waals surface area contributed by atoms with Gasteiger partial charge in [0.05, 0.1) is 14.2 Å². The van der Waals surface area contributed by atoms with Gasteiger partial charge in [0.15, 0.2) is 0 Å². The predicted molar refractivity (Wildman–Crippen MR) is 80.0 cm³/mol. The van der Waals surface area contributed by atoms with Crippen molar-refractivity contribution in [3.05, 3.63) is 29.8 Å². The summed E-state index contributed by atoms with van der Waals surface area (Å²) in [5.74, 6) is 0.705. The molecule has 1 rings (SSSR count). The van der Waals surface area contributed by atoms with E-state index in [4.69, 9.17) is 9.47 Å². The molecule has 1 aromatic rings. The summed E-state index contributed by atoms with van der Waals surface area (Å²) in [7, 11) is 3.11. The third kappa shape index (κ3) is 5.21. The van der Waals surface area contributed by atoms with Crippen LogP contribution in [0, 0.1) is 0 Å². The minimum Gasteiger partial charge on any atom is -0.496 e. The maximum atomic E-state index is 11.7. The summed E-state index contributed by atoms with van der Waals surface area (Å²) in [4.78, 5) is 11.7. The number of rotatable bonds is 9. The predicted octanol–water partition coefficient (Wildman–Crippen LogP) is 2.56. The number of unbranched alkanes of at least 4 members (excludes halogenated alkanes) is 1. The molecule has 0 saturated carbocycles. The monoisotopic (exact) mass is 279 g/mol. The number of methoxy groups -OCH3 is 2. The molecule has 0 amide bonds. The summed E-state index contributed by atoms with van der Waals surface area (Å²) in [6, 6.07) is 7.72. The average Bonchev–Trinajstić information content (AvgIpc) is 2.50. The summed E-state index contributed by atoms with van der Waals surface area (Å²) in [6.45, 7) is 2.84. The molecule has 0 fully saturated rings. The van der Waals surface area contributed by atoms with E-state index < -0.39 is 0 Å². The number of hydrogen-bond donors (Lipinski definition) is 1. The molecule has 1 atom stereocenters. The molecule has 0 spiro atoms. The van der Waals surface area contributed by atoms with E-state index in [-0.39, 0.29) is 12.0 Å². The van der Waals surface area contributed by atoms with E-state index in [1.165, 1.54) is 7.11 Å². The molecule has 20 heavy (non-hydrogen) atoms. The van der Waals surface area contributed by atoms with Crippen LogP contribution in [0.2, 0.25) is 0 Å². The minimum absolute atomic E-state index is 0.182. The highest BCUT2D eigenvalue weighted by Gasteiger charge is 2.17. The number of hydrogen-bond acceptors (Lipinski definition) is 4. The fraction of sp³-hybridized carbons (Fsp3) is 0.562. The molecule has 1 aromatic carbocycles. The SMILES string of the molecule is CCCCC(NCCc1ccccc1OC)C(=O)OC. The van der Waals surface area contributed by atoms with E-state index in [1.54, 1.807) is 7.11 Å². The van der Waals surface area contributed by atoms with Crippen molar-refractivity contribution in [3.8, 4) is 5.75 Å². The van der Waals surface area contributed by atoms with Gasteiger partial charge < -0.3 is 14.8 Å². The third-order valence-corrected chi connectivity index (χ3v) is 3.31. The molecule has 1 N–H and O–H groups in total. The summed E-state index contributed by atoms with van der Waals surface area (Å²) >= 11 is 0. The second-order valence-electron chi connectivity index (χ2n) is 4.73. The molecular formula is C16H25NO3. The van der Waals surface area contributed by atoms with Crippen LogP contribution in [0.5, 0.6) is 5.75 Å². The van der Waals surface area contributed by atoms with E-state index in [0.717, 1.165) is 43.5 Å². The highest BCUT2D eigenvalue weighted by Crippen LogP contribution is 2.17. The second kappa shape index (κ2) is 9.37. The van der Waals surface area contributed by atoms with Crippen molar-refractivity contribution in [2.75, 3.05) is 20.8 Å². The second-order valence-corrected chi connectivity index (χ2v) is 4.73. The first-order chi connectivity index (χ1) is 9.72. The fourth-order valence-corrected chi connectivity index (χ4v) is 2.14. The number of nitrogens with one attached hydrogen (secondary N) is 1. The zero-order chi connectivity index (χ0) is 14.8. The van der Waals surface area contributed by atoms with Gasteiger partial charge in [-0.1, -0.05) is 38.0 Å². The maximum Gasteiger partial charge on any atom is 0.322 e. The Balaban J connectivity index is 2.48. The van der Waals surface area contributed by atoms with Gasteiger partial charge >= 0.3 is 5.97 Å². The number of carbonyl (C=O) groups is 1. The lowest BCUT2D eigenvalue weighted by Crippen LogP contribution is -2.38. The summed E-state index contributed by atoms with van der Waals surface area (Å²) in [5.41, 5.74) is 1.14. The Labute approximate surface area is 121 Å². The van der Waals surface area contributed by atoms with Crippen molar-refractivity contribution in [1.29, 1.82) is 0 Å². The smallest absolute Gasteiger partial charge is 0.322 e. The Kier molecular flexibility index (Phi) is 7.73. The van der Waals surface area contributed by atoms with E-state index >= 15 is 0 Å². The van der Waals surface area contributed by atoms with Crippen LogP contribution in [0.3, 0.4) is 0 Å². The summed E-state index contributed by atoms with van der Waals surface area (Å²) in [5, 5.41) is 3.27. The Morgan fingerprint density at radius 3 is 2.70 bits per heavy atom. The molecule has 4 nitrogen and oxygen atoms in total. The van der Waals surface area contributed by atoms with Gasteiger partial charge in [-0.25, -0.2) is 0 Å². The Hall–Kier alpha value is -1.55. The van der Waals surface area contributed by atoms with Crippen molar-refractivity contribution >= 4 is 5.97 Å². The van der Waals surface area contributed by atoms with Gasteiger partial charge in [-0.05, 0) is 24.5 Å². The van der Waals surface area contributed by atoms with E-state index in [9.17, 15) is 4.79 Å². The van der Waals surface area contributed by atoms with Gasteiger partial charge in [0, 0.05) is 6.54 Å². The Bertz CT molecular complexity index is 406. The number of esters is 1. The molecule has 1 unspecified atom stereocenters. The van der Waals surface area contributed by atoms with Crippen LogP contribution >= 0.6 is 0 Å². The molecule has 0 saturated heterocycles. The van der Waals surface area contributed by atoms with Crippen LogP contribution in [0.1, 0.15) is 31.7 Å². The summed E-state index contributed by atoms with van der Waals surface area (Å²) < 4.78 is 10.1. The number of carbonyl (C=O) groups excluding carboxylic acids is 1. The van der Waals surface area contributed by atoms with Crippen LogP contribution in [0.15, 0.2) is 24.3 Å². The Morgan fingerprint density at radius 2 is 2.05 bits per heavy atom. The van der Waals surface area contributed by atoms with E-state index in [1.807, 2.05) is 24.3 Å². The largest absolute Gasteiger partial charge is 0.496 e. The van der Waals surface area contributed by atoms with Crippen LogP contribution < -0.4 is 10.1 Å². The lowest BCUT2D eigenvalue weighted by Gasteiger charge is -2.16. The fourth-order valence-electron chi connectivity index (χ4n) is 2.14. The minimum atomic E-state index is -0.213. The molecule has 0 aliphatic rings. The van der Waals surface area contributed by atoms with E-state index in [2.05, 4.69) is 12.2 Å². The van der Waals surface area contributed by atoms with Crippen LogP contribution in [0.4, 0.5) is 0 Å². The quantitative estimate of drug-likeness (QED) is 0.706. The lowest BCUT2D eigenvalue weighted by molar-refractivity contribution is -0.143. The standard InChI is InChI=1S/C16H25NO3/c1-4-5-9-14(16(18)20-3)17-12-11-13-8-6-7-10-15(13)19-2/h6-8,10,14,17H,4-5,9,11-12H2,1-3H3. The first-order valence-corrected chi connectivity index (χ1v) is 7.16. The first-order valence-electron chi connectivity index (χ1n) is 7.16. The molecule has 0 heterocycles. The molecule has 0 aliphatic carbocycles. The lowest BCUT2D eigenvalue weighted by atomic mass is 10.1. The van der Waals surface area contributed by atoms with Gasteiger partial charge in [0.1, 0.15) is 11.8 Å². The van der Waals surface area contributed by atoms with Crippen molar-refractivity contribution < 1.29 is 14.3 Å². The van der Waals surface area contributed by atoms with Crippen molar-refractivity contribution in [3.63, 3.8) is 0 Å². The van der Waals surface area contributed by atoms with Crippen LogP contribution in [-0.2, 0) is 16.0 Å². The molecule has 112 valence electrons. The normalized spacial score (nSPS) is 11.9. The number of para-hydroxylation sites is 1. The number of ether oxygens (including phenoxy) is 2. The highest BCUT2D eigenvalue weighted by atomic mass is 16.5. The van der Waals surface area contributed by atoms with Gasteiger partial charge in [-0.2, -0.15) is 0 Å². The first kappa shape index (κ1) is 16.5. The molecule has 0 aromatic heterocycles. The van der Waals surface area contributed by atoms with Crippen LogP contribution in [-0.4, -0.2) is 32.8 Å². The molecule has 4 heteroatoms. The Morgan fingerprint density at radius 1 is 1.30 bits per heavy atom. The zero-order valence-corrected chi connectivity index (χ0v) is 12.6. The van der Waals surface area contributed by atoms with Crippen molar-refractivity contribution in [2.24, 2.45) is 0 Å². The van der Waals surface area contributed by atoms with Gasteiger partial charge in [0.2, 0.25) is 0 Å². The molecular weight excluding hydrogens is 254 g/mol. The topological polar surface area (TPSA) is 47.6 Å². The molecule has 0 bridgehead atoms. The van der Waals surface area contributed by atoms with Crippen LogP contribution in [0.25, 0.3) is 0 Å². The maximum absolute atomic E-state index is 11.7. The van der Waals surface area contributed by atoms with Gasteiger partial charge in [0.25, 0.3) is 0 Å². The summed E-state index contributed by atoms with van der Waals surface area (Å²) in [6.07, 6.45) is 3.72. The van der Waals surface area contributed by atoms with Crippen molar-refractivity contribution in [2.45, 2.75) is 38.6 Å². The zero-order valence-electron chi connectivity index (χ0n) is 12.6. The third-order valence-electron chi connectivity index (χ3n) is 3.31. The van der Waals surface area contributed by atoms with Gasteiger partial charge in [-0.3, -0.25) is 4.79 Å². The number of benzene rings is 1. The molecule has 0 aliphatic heterocycles. The average molecular weight is 279 g/mol.